The lowest BCUT2D eigenvalue weighted by Crippen LogP contribution is -2.47. The highest BCUT2D eigenvalue weighted by atomic mass is 16.5. The Kier molecular flexibility index (Phi) is 6.48. The highest BCUT2D eigenvalue weighted by Gasteiger charge is 2.25. The van der Waals surface area contributed by atoms with E-state index in [9.17, 15) is 14.4 Å². The summed E-state index contributed by atoms with van der Waals surface area (Å²) >= 11 is 0. The molecular weight excluding hydrogens is 260 g/mol. The van der Waals surface area contributed by atoms with Crippen molar-refractivity contribution < 1.29 is 19.1 Å². The molecule has 1 N–H and O–H groups in total. The molecule has 0 spiro atoms. The summed E-state index contributed by atoms with van der Waals surface area (Å²) in [5.41, 5.74) is 0. The Morgan fingerprint density at radius 3 is 2.30 bits per heavy atom. The first-order valence-corrected chi connectivity index (χ1v) is 7.09. The fourth-order valence-corrected chi connectivity index (χ4v) is 2.23. The van der Waals surface area contributed by atoms with Gasteiger partial charge in [0.15, 0.2) is 0 Å². The van der Waals surface area contributed by atoms with Crippen LogP contribution in [0.3, 0.4) is 0 Å². The van der Waals surface area contributed by atoms with E-state index in [1.54, 1.807) is 0 Å². The number of amides is 2. The summed E-state index contributed by atoms with van der Waals surface area (Å²) in [7, 11) is 1.31. The quantitative estimate of drug-likeness (QED) is 0.754. The number of carbonyl (C=O) groups is 3. The average molecular weight is 284 g/mol. The van der Waals surface area contributed by atoms with Crippen LogP contribution in [-0.2, 0) is 19.1 Å². The van der Waals surface area contributed by atoms with Gasteiger partial charge in [-0.15, -0.1) is 0 Å². The van der Waals surface area contributed by atoms with Gasteiger partial charge in [-0.25, -0.2) is 0 Å². The molecule has 0 aromatic carbocycles. The van der Waals surface area contributed by atoms with E-state index in [4.69, 9.17) is 0 Å². The summed E-state index contributed by atoms with van der Waals surface area (Å²) in [6.45, 7) is 5.14. The van der Waals surface area contributed by atoms with Crippen LogP contribution in [0.25, 0.3) is 0 Å². The molecule has 0 atom stereocenters. The second-order valence-electron chi connectivity index (χ2n) is 5.40. The van der Waals surface area contributed by atoms with Crippen LogP contribution in [0.1, 0.15) is 39.5 Å². The monoisotopic (exact) mass is 284 g/mol. The van der Waals surface area contributed by atoms with Gasteiger partial charge in [0.2, 0.25) is 11.8 Å². The maximum absolute atomic E-state index is 11.8. The number of ether oxygens (including phenoxy) is 1. The molecule has 2 amide bonds. The van der Waals surface area contributed by atoms with Gasteiger partial charge < -0.3 is 15.0 Å². The minimum Gasteiger partial charge on any atom is -0.469 e. The molecule has 0 radical (unpaired) electrons. The molecule has 0 aromatic rings. The highest BCUT2D eigenvalue weighted by molar-refractivity contribution is 5.81. The zero-order valence-electron chi connectivity index (χ0n) is 12.5. The van der Waals surface area contributed by atoms with Gasteiger partial charge in [0.25, 0.3) is 0 Å². The third-order valence-electron chi connectivity index (χ3n) is 3.45. The fraction of sp³-hybridized carbons (Fsp3) is 0.786. The summed E-state index contributed by atoms with van der Waals surface area (Å²) in [5, 5.41) is 2.90. The van der Waals surface area contributed by atoms with Gasteiger partial charge in [0.1, 0.15) is 0 Å². The normalized spacial score (nSPS) is 16.1. The van der Waals surface area contributed by atoms with Crippen molar-refractivity contribution in [1.82, 2.24) is 10.2 Å². The molecule has 6 nitrogen and oxygen atoms in total. The minimum atomic E-state index is -0.377. The van der Waals surface area contributed by atoms with E-state index in [0.29, 0.717) is 13.1 Å². The van der Waals surface area contributed by atoms with Gasteiger partial charge in [-0.2, -0.15) is 0 Å². The third-order valence-corrected chi connectivity index (χ3v) is 3.45. The third kappa shape index (κ3) is 5.19. The van der Waals surface area contributed by atoms with E-state index in [1.807, 2.05) is 18.7 Å². The molecule has 6 heteroatoms. The molecule has 1 saturated heterocycles. The van der Waals surface area contributed by atoms with Crippen LogP contribution in [-0.4, -0.2) is 48.9 Å². The smallest absolute Gasteiger partial charge is 0.306 e. The Labute approximate surface area is 119 Å². The first-order chi connectivity index (χ1) is 9.43. The largest absolute Gasteiger partial charge is 0.469 e. The van der Waals surface area contributed by atoms with E-state index >= 15 is 0 Å². The number of likely N-dealkylation sites (tertiary alicyclic amines) is 1. The number of nitrogens with zero attached hydrogens (tertiary/aromatic N) is 1. The maximum atomic E-state index is 11.8. The van der Waals surface area contributed by atoms with E-state index < -0.39 is 0 Å². The second kappa shape index (κ2) is 7.87. The number of piperidine rings is 1. The summed E-state index contributed by atoms with van der Waals surface area (Å²) in [6, 6.07) is 0.0939. The first kappa shape index (κ1) is 16.5. The predicted octanol–water partition coefficient (Wildman–Crippen LogP) is 0.703. The molecule has 20 heavy (non-hydrogen) atoms. The van der Waals surface area contributed by atoms with Gasteiger partial charge >= 0.3 is 5.97 Å². The van der Waals surface area contributed by atoms with Crippen molar-refractivity contribution in [1.29, 1.82) is 0 Å². The summed E-state index contributed by atoms with van der Waals surface area (Å²) in [4.78, 5) is 36.3. The van der Waals surface area contributed by atoms with Crippen molar-refractivity contribution in [2.24, 2.45) is 5.92 Å². The Hall–Kier alpha value is -1.59. The van der Waals surface area contributed by atoms with Gasteiger partial charge in [-0.1, -0.05) is 13.8 Å². The number of esters is 1. The second-order valence-corrected chi connectivity index (χ2v) is 5.40. The fourth-order valence-electron chi connectivity index (χ4n) is 2.23. The molecule has 0 bridgehead atoms. The molecule has 0 aromatic heterocycles. The lowest BCUT2D eigenvalue weighted by molar-refractivity contribution is -0.142. The van der Waals surface area contributed by atoms with Gasteiger partial charge in [-0.3, -0.25) is 14.4 Å². The first-order valence-electron chi connectivity index (χ1n) is 7.09. The van der Waals surface area contributed by atoms with Crippen molar-refractivity contribution in [2.75, 3.05) is 20.2 Å². The number of carbonyl (C=O) groups excluding carboxylic acids is 3. The van der Waals surface area contributed by atoms with Crippen LogP contribution in [0.4, 0.5) is 0 Å². The van der Waals surface area contributed by atoms with Crippen LogP contribution >= 0.6 is 0 Å². The average Bonchev–Trinajstić information content (AvgIpc) is 2.44. The molecule has 0 aliphatic carbocycles. The highest BCUT2D eigenvalue weighted by Crippen LogP contribution is 2.13. The van der Waals surface area contributed by atoms with E-state index in [2.05, 4.69) is 10.1 Å². The molecule has 1 fully saturated rings. The maximum Gasteiger partial charge on any atom is 0.306 e. The number of hydrogen-bond donors (Lipinski definition) is 1. The van der Waals surface area contributed by atoms with E-state index in [0.717, 1.165) is 12.8 Å². The summed E-state index contributed by atoms with van der Waals surface area (Å²) in [6.07, 6.45) is 1.79. The number of methoxy groups -OCH3 is 1. The predicted molar refractivity (Wildman–Crippen MR) is 73.8 cm³/mol. The lowest BCUT2D eigenvalue weighted by atomic mass is 10.0. The van der Waals surface area contributed by atoms with Crippen LogP contribution in [0.2, 0.25) is 0 Å². The minimum absolute atomic E-state index is 0.0150. The van der Waals surface area contributed by atoms with Crippen molar-refractivity contribution in [3.05, 3.63) is 0 Å². The van der Waals surface area contributed by atoms with Crippen LogP contribution < -0.4 is 5.32 Å². The zero-order chi connectivity index (χ0) is 15.1. The van der Waals surface area contributed by atoms with Gasteiger partial charge in [0, 0.05) is 31.5 Å². The topological polar surface area (TPSA) is 75.7 Å². The Bertz CT molecular complexity index is 360. The van der Waals surface area contributed by atoms with Crippen LogP contribution in [0.5, 0.6) is 0 Å². The van der Waals surface area contributed by atoms with Crippen molar-refractivity contribution >= 4 is 17.8 Å². The van der Waals surface area contributed by atoms with E-state index in [1.165, 1.54) is 7.11 Å². The number of rotatable bonds is 5. The van der Waals surface area contributed by atoms with Crippen molar-refractivity contribution in [3.63, 3.8) is 0 Å². The molecule has 1 aliphatic rings. The molecule has 1 rings (SSSR count). The Balaban J connectivity index is 2.27. The molecule has 0 unspecified atom stereocenters. The summed E-state index contributed by atoms with van der Waals surface area (Å²) < 4.78 is 4.49. The Morgan fingerprint density at radius 1 is 1.20 bits per heavy atom. The van der Waals surface area contributed by atoms with Crippen LogP contribution in [0.15, 0.2) is 0 Å². The molecule has 0 saturated carbocycles. The molecule has 1 heterocycles. The number of hydrogen-bond acceptors (Lipinski definition) is 4. The molecule has 114 valence electrons. The molecular formula is C14H24N2O4. The van der Waals surface area contributed by atoms with Gasteiger partial charge in [0.05, 0.1) is 13.5 Å². The SMILES string of the molecule is COC(=O)CCC(=O)NC1CCN(C(=O)C(C)C)CC1. The number of nitrogens with one attached hydrogen (secondary N) is 1. The standard InChI is InChI=1S/C14H24N2O4/c1-10(2)14(19)16-8-6-11(7-9-16)15-12(17)4-5-13(18)20-3/h10-11H,4-9H2,1-3H3,(H,15,17). The Morgan fingerprint density at radius 2 is 1.80 bits per heavy atom. The van der Waals surface area contributed by atoms with Crippen LogP contribution in [0, 0.1) is 5.92 Å². The van der Waals surface area contributed by atoms with E-state index in [-0.39, 0.29) is 42.6 Å². The van der Waals surface area contributed by atoms with Gasteiger partial charge in [-0.05, 0) is 12.8 Å². The van der Waals surface area contributed by atoms with Crippen molar-refractivity contribution in [3.8, 4) is 0 Å². The lowest BCUT2D eigenvalue weighted by Gasteiger charge is -2.33. The van der Waals surface area contributed by atoms with Crippen molar-refractivity contribution in [2.45, 2.75) is 45.6 Å². The zero-order valence-corrected chi connectivity index (χ0v) is 12.5. The molecule has 1 aliphatic heterocycles. The summed E-state index contributed by atoms with van der Waals surface area (Å²) in [5.74, 6) is -0.330.